The molecule has 3 aliphatic rings. The molecule has 5 rings (SSSR count). The second-order valence-electron chi connectivity index (χ2n) is 6.97. The second-order valence-corrected chi connectivity index (χ2v) is 9.26. The molecule has 2 aromatic rings. The molecule has 0 spiro atoms. The number of ether oxygens (including phenoxy) is 1. The third kappa shape index (κ3) is 2.96. The summed E-state index contributed by atoms with van der Waals surface area (Å²) < 4.78 is 11.2. The first-order valence-corrected chi connectivity index (χ1v) is 9.79. The number of halogens is 1. The minimum atomic E-state index is -0.465. The van der Waals surface area contributed by atoms with Crippen molar-refractivity contribution in [3.8, 4) is 11.4 Å². The minimum Gasteiger partial charge on any atom is -0.461 e. The number of hydrogen-bond donors (Lipinski definition) is 0. The lowest BCUT2D eigenvalue weighted by Gasteiger charge is -2.48. The van der Waals surface area contributed by atoms with Crippen molar-refractivity contribution in [2.75, 3.05) is 6.61 Å². The highest BCUT2D eigenvalue weighted by atomic mass is 127. The van der Waals surface area contributed by atoms with Gasteiger partial charge >= 0.3 is 5.97 Å². The molecule has 3 fully saturated rings. The number of rotatable bonds is 4. The van der Waals surface area contributed by atoms with Crippen LogP contribution in [0.15, 0.2) is 22.9 Å². The molecule has 132 valence electrons. The highest BCUT2D eigenvalue weighted by molar-refractivity contribution is 14.1. The van der Waals surface area contributed by atoms with Gasteiger partial charge in [0.2, 0.25) is 11.7 Å². The number of carbonyl (C=O) groups excluding carboxylic acids is 1. The number of fused-ring (bicyclic) bond motifs is 3. The molecule has 0 atom stereocenters. The van der Waals surface area contributed by atoms with E-state index in [1.54, 1.807) is 25.3 Å². The Balaban J connectivity index is 1.66. The molecule has 0 aliphatic heterocycles. The molecule has 3 aliphatic carbocycles. The van der Waals surface area contributed by atoms with Crippen molar-refractivity contribution in [3.05, 3.63) is 29.9 Å². The van der Waals surface area contributed by atoms with Gasteiger partial charge in [0.15, 0.2) is 5.69 Å². The molecule has 3 saturated carbocycles. The first kappa shape index (κ1) is 16.9. The summed E-state index contributed by atoms with van der Waals surface area (Å²) >= 11 is 2.63. The fraction of sp³-hybridized carbons (Fsp3) is 0.556. The van der Waals surface area contributed by atoms with Crippen LogP contribution in [0, 0.1) is 0 Å². The second kappa shape index (κ2) is 6.34. The monoisotopic (exact) mass is 453 g/mol. The Labute approximate surface area is 159 Å². The molecule has 2 aromatic heterocycles. The number of nitrogens with zero attached hydrogens (tertiary/aromatic N) is 3. The third-order valence-corrected chi connectivity index (χ3v) is 7.17. The van der Waals surface area contributed by atoms with Crippen LogP contribution in [0.3, 0.4) is 0 Å². The summed E-state index contributed by atoms with van der Waals surface area (Å²) in [7, 11) is 0. The van der Waals surface area contributed by atoms with Crippen LogP contribution in [-0.4, -0.2) is 31.1 Å². The van der Waals surface area contributed by atoms with Crippen LogP contribution in [0.5, 0.6) is 0 Å². The molecule has 7 heteroatoms. The van der Waals surface area contributed by atoms with E-state index in [0.29, 0.717) is 27.3 Å². The van der Waals surface area contributed by atoms with Gasteiger partial charge in [0, 0.05) is 15.0 Å². The Morgan fingerprint density at radius 1 is 1.28 bits per heavy atom. The lowest BCUT2D eigenvalue weighted by molar-refractivity contribution is 0.0520. The minimum absolute atomic E-state index is 0.00444. The maximum atomic E-state index is 12.1. The van der Waals surface area contributed by atoms with Crippen molar-refractivity contribution in [2.45, 2.75) is 54.3 Å². The molecule has 0 unspecified atom stereocenters. The fourth-order valence-corrected chi connectivity index (χ4v) is 4.77. The highest BCUT2D eigenvalue weighted by Crippen LogP contribution is 2.56. The lowest BCUT2D eigenvalue weighted by Crippen LogP contribution is -2.44. The average molecular weight is 453 g/mol. The summed E-state index contributed by atoms with van der Waals surface area (Å²) in [6.07, 6.45) is 8.45. The van der Waals surface area contributed by atoms with Crippen molar-refractivity contribution in [3.63, 3.8) is 0 Å². The number of hydrogen-bond acceptors (Lipinski definition) is 6. The van der Waals surface area contributed by atoms with Crippen LogP contribution in [0.1, 0.15) is 61.8 Å². The van der Waals surface area contributed by atoms with Crippen LogP contribution in [0.4, 0.5) is 0 Å². The predicted octanol–water partition coefficient (Wildman–Crippen LogP) is 4.09. The van der Waals surface area contributed by atoms with Gasteiger partial charge in [0.05, 0.1) is 12.2 Å². The molecule has 25 heavy (non-hydrogen) atoms. The zero-order valence-electron chi connectivity index (χ0n) is 14.1. The average Bonchev–Trinajstić information content (AvgIpc) is 3.14. The normalized spacial score (nSPS) is 28.1. The van der Waals surface area contributed by atoms with Gasteiger partial charge in [-0.3, -0.25) is 0 Å². The van der Waals surface area contributed by atoms with Gasteiger partial charge in [0.1, 0.15) is 0 Å². The molecule has 0 saturated heterocycles. The maximum absolute atomic E-state index is 12.1. The van der Waals surface area contributed by atoms with E-state index in [4.69, 9.17) is 9.26 Å². The predicted molar refractivity (Wildman–Crippen MR) is 99.6 cm³/mol. The van der Waals surface area contributed by atoms with Gasteiger partial charge in [0.25, 0.3) is 0 Å². The van der Waals surface area contributed by atoms with E-state index < -0.39 is 5.97 Å². The van der Waals surface area contributed by atoms with E-state index in [-0.39, 0.29) is 11.1 Å². The molecular weight excluding hydrogens is 433 g/mol. The molecule has 0 N–H and O–H groups in total. The topological polar surface area (TPSA) is 78.1 Å². The summed E-state index contributed by atoms with van der Waals surface area (Å²) in [5.41, 5.74) is 0.791. The highest BCUT2D eigenvalue weighted by Gasteiger charge is 2.51. The molecular formula is C18H20IN3O3. The zero-order valence-corrected chi connectivity index (χ0v) is 16.3. The molecule has 0 aromatic carbocycles. The summed E-state index contributed by atoms with van der Waals surface area (Å²) in [5.74, 6) is 0.657. The van der Waals surface area contributed by atoms with E-state index in [1.807, 2.05) is 0 Å². The van der Waals surface area contributed by atoms with E-state index in [9.17, 15) is 4.79 Å². The van der Waals surface area contributed by atoms with Crippen molar-refractivity contribution < 1.29 is 14.1 Å². The number of carbonyl (C=O) groups is 1. The van der Waals surface area contributed by atoms with Crippen LogP contribution >= 0.6 is 22.6 Å². The van der Waals surface area contributed by atoms with Crippen LogP contribution in [0.25, 0.3) is 11.4 Å². The molecule has 6 nitrogen and oxygen atoms in total. The summed E-state index contributed by atoms with van der Waals surface area (Å²) in [6, 6.07) is 3.54. The molecule has 0 amide bonds. The number of pyridine rings is 1. The molecule has 2 bridgehead atoms. The first-order valence-electron chi connectivity index (χ1n) is 8.71. The lowest BCUT2D eigenvalue weighted by atomic mass is 9.60. The first-order chi connectivity index (χ1) is 12.1. The largest absolute Gasteiger partial charge is 0.461 e. The standard InChI is InChI=1S/C18H20IN3O3/c1-2-24-15(23)13-12(4-3-11-20-13)14-21-16(25-22-14)17-5-8-18(19,9-6-17)10-7-17/h3-4,11H,2,5-10H2,1H3. The van der Waals surface area contributed by atoms with Crippen LogP contribution in [-0.2, 0) is 10.2 Å². The van der Waals surface area contributed by atoms with Gasteiger partial charge in [-0.2, -0.15) is 4.98 Å². The fourth-order valence-electron chi connectivity index (χ4n) is 3.96. The quantitative estimate of drug-likeness (QED) is 0.394. The Kier molecular flexibility index (Phi) is 4.29. The van der Waals surface area contributed by atoms with Crippen molar-refractivity contribution in [2.24, 2.45) is 0 Å². The molecule has 2 heterocycles. The van der Waals surface area contributed by atoms with Crippen molar-refractivity contribution in [1.29, 1.82) is 0 Å². The van der Waals surface area contributed by atoms with Gasteiger partial charge in [-0.25, -0.2) is 9.78 Å². The Bertz CT molecular complexity index is 780. The number of esters is 1. The van der Waals surface area contributed by atoms with E-state index in [0.717, 1.165) is 19.3 Å². The van der Waals surface area contributed by atoms with E-state index >= 15 is 0 Å². The van der Waals surface area contributed by atoms with E-state index in [1.165, 1.54) is 19.3 Å². The SMILES string of the molecule is CCOC(=O)c1ncccc1-c1noc(C23CCC(I)(CC2)CC3)n1. The van der Waals surface area contributed by atoms with Crippen molar-refractivity contribution in [1.82, 2.24) is 15.1 Å². The van der Waals surface area contributed by atoms with Gasteiger partial charge in [-0.1, -0.05) is 27.7 Å². The zero-order chi connectivity index (χ0) is 17.5. The van der Waals surface area contributed by atoms with Gasteiger partial charge < -0.3 is 9.26 Å². The maximum Gasteiger partial charge on any atom is 0.357 e. The third-order valence-electron chi connectivity index (χ3n) is 5.55. The van der Waals surface area contributed by atoms with Gasteiger partial charge in [-0.05, 0) is 57.6 Å². The number of aromatic nitrogens is 3. The van der Waals surface area contributed by atoms with Crippen molar-refractivity contribution >= 4 is 28.6 Å². The van der Waals surface area contributed by atoms with E-state index in [2.05, 4.69) is 37.7 Å². The molecule has 0 radical (unpaired) electrons. The van der Waals surface area contributed by atoms with Crippen LogP contribution < -0.4 is 0 Å². The van der Waals surface area contributed by atoms with Crippen LogP contribution in [0.2, 0.25) is 0 Å². The Morgan fingerprint density at radius 2 is 2.00 bits per heavy atom. The Hall–Kier alpha value is -1.51. The number of alkyl halides is 1. The summed E-state index contributed by atoms with van der Waals surface area (Å²) in [5, 5.41) is 4.16. The summed E-state index contributed by atoms with van der Waals surface area (Å²) in [4.78, 5) is 21.0. The van der Waals surface area contributed by atoms with Gasteiger partial charge in [-0.15, -0.1) is 0 Å². The Morgan fingerprint density at radius 3 is 2.68 bits per heavy atom. The summed E-state index contributed by atoms with van der Waals surface area (Å²) in [6.45, 7) is 2.07. The smallest absolute Gasteiger partial charge is 0.357 e.